The molecule has 1 heterocycles. The lowest BCUT2D eigenvalue weighted by molar-refractivity contribution is 0.261. The molecule has 5 nitrogen and oxygen atoms in total. The highest BCUT2D eigenvalue weighted by atomic mass is 35.5. The first-order valence-electron chi connectivity index (χ1n) is 11.4. The van der Waals surface area contributed by atoms with Gasteiger partial charge in [-0.2, -0.15) is 0 Å². The van der Waals surface area contributed by atoms with E-state index in [1.54, 1.807) is 13.2 Å². The Balaban J connectivity index is 1.52. The zero-order valence-corrected chi connectivity index (χ0v) is 19.9. The van der Waals surface area contributed by atoms with Crippen LogP contribution in [0, 0.1) is 0 Å². The summed E-state index contributed by atoms with van der Waals surface area (Å²) in [7, 11) is 1.68. The predicted molar refractivity (Wildman–Crippen MR) is 138 cm³/mol. The zero-order chi connectivity index (χ0) is 23.2. The van der Waals surface area contributed by atoms with Crippen molar-refractivity contribution in [2.45, 2.75) is 26.3 Å². The Kier molecular flexibility index (Phi) is 7.53. The number of hydrogen-bond acceptors (Lipinski definition) is 5. The average molecular weight is 464 g/mol. The fraction of sp³-hybridized carbons (Fsp3) is 0.296. The molecule has 0 saturated heterocycles. The summed E-state index contributed by atoms with van der Waals surface area (Å²) in [4.78, 5) is 7.19. The number of halogens is 1. The van der Waals surface area contributed by atoms with Crippen molar-refractivity contribution in [2.24, 2.45) is 0 Å². The molecule has 4 rings (SSSR count). The van der Waals surface area contributed by atoms with Gasteiger partial charge in [0.15, 0.2) is 0 Å². The summed E-state index contributed by atoms with van der Waals surface area (Å²) in [6.45, 7) is 5.67. The molecule has 172 valence electrons. The Morgan fingerprint density at radius 2 is 1.85 bits per heavy atom. The van der Waals surface area contributed by atoms with Crippen molar-refractivity contribution in [2.75, 3.05) is 32.1 Å². The molecule has 0 unspecified atom stereocenters. The van der Waals surface area contributed by atoms with Crippen LogP contribution >= 0.6 is 11.6 Å². The molecule has 3 aromatic carbocycles. The molecule has 0 aliphatic carbocycles. The lowest BCUT2D eigenvalue weighted by Crippen LogP contribution is -2.26. The van der Waals surface area contributed by atoms with Gasteiger partial charge in [0, 0.05) is 41.0 Å². The van der Waals surface area contributed by atoms with Crippen LogP contribution in [-0.4, -0.2) is 41.7 Å². The second kappa shape index (κ2) is 10.7. The van der Waals surface area contributed by atoms with Gasteiger partial charge >= 0.3 is 0 Å². The highest BCUT2D eigenvalue weighted by Gasteiger charge is 2.12. The van der Waals surface area contributed by atoms with E-state index in [1.807, 2.05) is 54.6 Å². The van der Waals surface area contributed by atoms with Crippen molar-refractivity contribution < 1.29 is 9.84 Å². The number of hydrogen-bond donors (Lipinski definition) is 2. The minimum atomic E-state index is 0.360. The molecular weight excluding hydrogens is 434 g/mol. The van der Waals surface area contributed by atoms with Crippen LogP contribution in [0.2, 0.25) is 5.02 Å². The van der Waals surface area contributed by atoms with E-state index in [1.165, 1.54) is 0 Å². The van der Waals surface area contributed by atoms with E-state index in [-0.39, 0.29) is 0 Å². The minimum Gasteiger partial charge on any atom is -0.508 e. The first-order valence-corrected chi connectivity index (χ1v) is 11.8. The maximum Gasteiger partial charge on any atom is 0.120 e. The smallest absolute Gasteiger partial charge is 0.120 e. The maximum atomic E-state index is 10.1. The van der Waals surface area contributed by atoms with E-state index in [2.05, 4.69) is 17.1 Å². The highest BCUT2D eigenvalue weighted by molar-refractivity contribution is 6.31. The molecule has 1 aromatic heterocycles. The monoisotopic (exact) mass is 463 g/mol. The maximum absolute atomic E-state index is 10.1. The second-order valence-corrected chi connectivity index (χ2v) is 8.65. The third kappa shape index (κ3) is 5.49. The molecule has 0 aliphatic heterocycles. The third-order valence-electron chi connectivity index (χ3n) is 5.82. The van der Waals surface area contributed by atoms with Gasteiger partial charge < -0.3 is 15.2 Å². The number of ether oxygens (including phenoxy) is 1. The normalized spacial score (nSPS) is 11.4. The minimum absolute atomic E-state index is 0.360. The number of methoxy groups -OCH3 is 1. The number of pyridine rings is 1. The molecule has 0 aliphatic rings. The summed E-state index contributed by atoms with van der Waals surface area (Å²) in [5.74, 6) is 1.16. The van der Waals surface area contributed by atoms with Gasteiger partial charge in [-0.15, -0.1) is 0 Å². The Morgan fingerprint density at radius 1 is 1.00 bits per heavy atom. The van der Waals surface area contributed by atoms with Crippen LogP contribution in [0.5, 0.6) is 11.5 Å². The summed E-state index contributed by atoms with van der Waals surface area (Å²) < 4.78 is 5.45. The van der Waals surface area contributed by atoms with Crippen LogP contribution in [0.15, 0.2) is 60.7 Å². The number of para-hydroxylation sites is 1. The lowest BCUT2D eigenvalue weighted by Gasteiger charge is -2.22. The topological polar surface area (TPSA) is 57.6 Å². The van der Waals surface area contributed by atoms with Crippen LogP contribution in [0.3, 0.4) is 0 Å². The van der Waals surface area contributed by atoms with Gasteiger partial charge in [0.1, 0.15) is 11.5 Å². The lowest BCUT2D eigenvalue weighted by atomic mass is 10.1. The summed E-state index contributed by atoms with van der Waals surface area (Å²) in [5, 5.41) is 16.6. The summed E-state index contributed by atoms with van der Waals surface area (Å²) >= 11 is 6.24. The van der Waals surface area contributed by atoms with Gasteiger partial charge in [-0.05, 0) is 61.9 Å². The SMILES string of the molecule is CCCN(CCCNc1c2ccc(Cl)cc2nc2ccc(OC)cc12)Cc1ccccc1O. The van der Waals surface area contributed by atoms with Crippen LogP contribution < -0.4 is 10.1 Å². The van der Waals surface area contributed by atoms with Gasteiger partial charge in [-0.1, -0.05) is 36.7 Å². The van der Waals surface area contributed by atoms with E-state index in [9.17, 15) is 5.11 Å². The molecule has 0 saturated carbocycles. The molecule has 4 aromatic rings. The number of phenols is 1. The first-order chi connectivity index (χ1) is 16.1. The highest BCUT2D eigenvalue weighted by Crippen LogP contribution is 2.34. The fourth-order valence-corrected chi connectivity index (χ4v) is 4.37. The van der Waals surface area contributed by atoms with Crippen molar-refractivity contribution in [3.8, 4) is 11.5 Å². The number of anilines is 1. The number of rotatable bonds is 10. The van der Waals surface area contributed by atoms with Crippen LogP contribution in [0.25, 0.3) is 21.8 Å². The molecule has 0 radical (unpaired) electrons. The molecule has 0 bridgehead atoms. The van der Waals surface area contributed by atoms with Gasteiger partial charge in [-0.3, -0.25) is 4.90 Å². The number of fused-ring (bicyclic) bond motifs is 2. The van der Waals surface area contributed by atoms with Crippen molar-refractivity contribution in [1.29, 1.82) is 0 Å². The van der Waals surface area contributed by atoms with Gasteiger partial charge in [0.05, 0.1) is 23.8 Å². The Morgan fingerprint density at radius 3 is 2.64 bits per heavy atom. The molecule has 2 N–H and O–H groups in total. The number of nitrogens with zero attached hydrogens (tertiary/aromatic N) is 2. The largest absolute Gasteiger partial charge is 0.508 e. The number of nitrogens with one attached hydrogen (secondary N) is 1. The zero-order valence-electron chi connectivity index (χ0n) is 19.1. The van der Waals surface area contributed by atoms with Crippen molar-refractivity contribution in [3.05, 3.63) is 71.2 Å². The fourth-order valence-electron chi connectivity index (χ4n) is 4.20. The Bertz CT molecular complexity index is 1240. The summed E-state index contributed by atoms with van der Waals surface area (Å²) in [6.07, 6.45) is 2.04. The van der Waals surface area contributed by atoms with Crippen LogP contribution in [0.4, 0.5) is 5.69 Å². The van der Waals surface area contributed by atoms with E-state index in [4.69, 9.17) is 21.3 Å². The number of phenolic OH excluding ortho intramolecular Hbond substituents is 1. The molecule has 0 spiro atoms. The molecule has 6 heteroatoms. The molecule has 0 amide bonds. The van der Waals surface area contributed by atoms with Crippen LogP contribution in [-0.2, 0) is 6.54 Å². The quantitative estimate of drug-likeness (QED) is 0.208. The summed E-state index contributed by atoms with van der Waals surface area (Å²) in [5.41, 5.74) is 3.79. The van der Waals surface area contributed by atoms with E-state index >= 15 is 0 Å². The molecule has 33 heavy (non-hydrogen) atoms. The van der Waals surface area contributed by atoms with Crippen LogP contribution in [0.1, 0.15) is 25.3 Å². The van der Waals surface area contributed by atoms with E-state index < -0.39 is 0 Å². The van der Waals surface area contributed by atoms with Gasteiger partial charge in [-0.25, -0.2) is 4.98 Å². The third-order valence-corrected chi connectivity index (χ3v) is 6.06. The van der Waals surface area contributed by atoms with E-state index in [0.717, 1.165) is 77.8 Å². The number of aromatic nitrogens is 1. The second-order valence-electron chi connectivity index (χ2n) is 8.22. The molecular formula is C27H30ClN3O2. The molecule has 0 fully saturated rings. The van der Waals surface area contributed by atoms with Gasteiger partial charge in [0.25, 0.3) is 0 Å². The number of aromatic hydroxyl groups is 1. The first kappa shape index (κ1) is 23.1. The standard InChI is InChI=1S/C27H30ClN3O2/c1-3-14-31(18-19-7-4-5-8-26(19)32)15-6-13-29-27-22-11-9-20(28)16-25(22)30-24-12-10-21(33-2)17-23(24)27/h4-5,7-12,16-17,32H,3,6,13-15,18H2,1-2H3,(H,29,30). The Hall–Kier alpha value is -3.02. The molecule has 0 atom stereocenters. The van der Waals surface area contributed by atoms with Crippen molar-refractivity contribution >= 4 is 39.1 Å². The Labute approximate surface area is 200 Å². The van der Waals surface area contributed by atoms with Gasteiger partial charge in [0.2, 0.25) is 0 Å². The number of benzene rings is 3. The summed E-state index contributed by atoms with van der Waals surface area (Å²) in [6, 6.07) is 19.3. The van der Waals surface area contributed by atoms with E-state index in [0.29, 0.717) is 10.8 Å². The average Bonchev–Trinajstić information content (AvgIpc) is 2.82. The van der Waals surface area contributed by atoms with Crippen molar-refractivity contribution in [3.63, 3.8) is 0 Å². The predicted octanol–water partition coefficient (Wildman–Crippen LogP) is 6.47. The van der Waals surface area contributed by atoms with Crippen molar-refractivity contribution in [1.82, 2.24) is 9.88 Å².